The molecular weight excluding hydrogens is 474 g/mol. The molecule has 36 heavy (non-hydrogen) atoms. The number of nitrogens with zero attached hydrogens (tertiary/aromatic N) is 3. The van der Waals surface area contributed by atoms with Crippen LogP contribution in [-0.4, -0.2) is 41.4 Å². The Balaban J connectivity index is 1.47. The zero-order valence-electron chi connectivity index (χ0n) is 20.6. The summed E-state index contributed by atoms with van der Waals surface area (Å²) in [4.78, 5) is 9.19. The second-order valence-corrected chi connectivity index (χ2v) is 10.2. The summed E-state index contributed by atoms with van der Waals surface area (Å²) in [6.07, 6.45) is 4.52. The van der Waals surface area contributed by atoms with Gasteiger partial charge in [-0.3, -0.25) is 0 Å². The van der Waals surface area contributed by atoms with Gasteiger partial charge >= 0.3 is 0 Å². The second kappa shape index (κ2) is 10.1. The Morgan fingerprint density at radius 3 is 2.81 bits per heavy atom. The predicted octanol–water partition coefficient (Wildman–Crippen LogP) is 5.54. The van der Waals surface area contributed by atoms with E-state index in [4.69, 9.17) is 21.3 Å². The highest BCUT2D eigenvalue weighted by molar-refractivity contribution is 6.31. The van der Waals surface area contributed by atoms with E-state index in [0.29, 0.717) is 29.7 Å². The lowest BCUT2D eigenvalue weighted by Crippen LogP contribution is -2.28. The van der Waals surface area contributed by atoms with Gasteiger partial charge in [-0.2, -0.15) is 5.26 Å². The zero-order valence-corrected chi connectivity index (χ0v) is 21.3. The number of benzene rings is 2. The first-order valence-electron chi connectivity index (χ1n) is 12.4. The molecule has 3 heterocycles. The molecule has 3 N–H and O–H groups in total. The zero-order chi connectivity index (χ0) is 25.3. The molecule has 0 aliphatic carbocycles. The molecule has 8 heteroatoms. The fraction of sp³-hybridized carbons (Fsp3) is 0.393. The molecule has 0 saturated carbocycles. The number of ether oxygens (including phenoxy) is 1. The van der Waals surface area contributed by atoms with Crippen molar-refractivity contribution < 1.29 is 9.84 Å². The molecule has 2 aromatic carbocycles. The average Bonchev–Trinajstić information content (AvgIpc) is 3.26. The van der Waals surface area contributed by atoms with Gasteiger partial charge in [-0.1, -0.05) is 31.5 Å². The van der Waals surface area contributed by atoms with Gasteiger partial charge in [-0.25, -0.2) is 9.97 Å². The Morgan fingerprint density at radius 2 is 2.08 bits per heavy atom. The molecule has 2 aliphatic rings. The fourth-order valence-electron chi connectivity index (χ4n) is 5.13. The van der Waals surface area contributed by atoms with Crippen molar-refractivity contribution in [3.63, 3.8) is 0 Å². The summed E-state index contributed by atoms with van der Waals surface area (Å²) in [6.45, 7) is 6.23. The van der Waals surface area contributed by atoms with E-state index in [9.17, 15) is 10.4 Å². The molecule has 1 saturated heterocycles. The molecule has 7 nitrogen and oxygen atoms in total. The molecule has 0 radical (unpaired) electrons. The molecule has 1 fully saturated rings. The molecule has 0 bridgehead atoms. The largest absolute Gasteiger partial charge is 0.395 e. The minimum absolute atomic E-state index is 0.0116. The summed E-state index contributed by atoms with van der Waals surface area (Å²) in [5, 5.41) is 27.1. The van der Waals surface area contributed by atoms with Crippen LogP contribution in [0.15, 0.2) is 36.5 Å². The van der Waals surface area contributed by atoms with Crippen molar-refractivity contribution in [1.82, 2.24) is 9.97 Å². The van der Waals surface area contributed by atoms with Crippen LogP contribution in [0.2, 0.25) is 5.02 Å². The highest BCUT2D eigenvalue weighted by Crippen LogP contribution is 2.41. The molecular formula is C28H30ClN5O2. The summed E-state index contributed by atoms with van der Waals surface area (Å²) >= 11 is 6.73. The van der Waals surface area contributed by atoms with Crippen molar-refractivity contribution in [3.05, 3.63) is 63.8 Å². The number of aryl methyl sites for hydroxylation is 1. The number of hydrogen-bond acceptors (Lipinski definition) is 7. The number of rotatable bonds is 6. The number of aromatic nitrogens is 2. The van der Waals surface area contributed by atoms with E-state index in [1.54, 1.807) is 6.20 Å². The Morgan fingerprint density at radius 1 is 1.28 bits per heavy atom. The van der Waals surface area contributed by atoms with Gasteiger partial charge in [0.05, 0.1) is 23.6 Å². The maximum atomic E-state index is 10.0. The number of aliphatic hydroxyl groups excluding tert-OH is 1. The van der Waals surface area contributed by atoms with Crippen molar-refractivity contribution in [1.29, 1.82) is 5.26 Å². The standard InChI is InChI=1S/C28H30ClN5O2/c1-3-17-11-21(18-5-8-36-9-6-18)23(29)13-25(17)34-27-31-7-4-24(33-27)19-10-20(14-30)26-22(12-19)28(2,16-35)15-32-26/h4,7,10-13,18,32,35H,3,5-6,8-9,15-16H2,1-2H3,(H,31,33,34)/t28-/m1/s1. The quantitative estimate of drug-likeness (QED) is 0.405. The van der Waals surface area contributed by atoms with E-state index in [1.165, 1.54) is 5.56 Å². The van der Waals surface area contributed by atoms with Crippen LogP contribution in [0.3, 0.4) is 0 Å². The number of nitriles is 1. The van der Waals surface area contributed by atoms with Crippen molar-refractivity contribution in [3.8, 4) is 17.3 Å². The van der Waals surface area contributed by atoms with E-state index in [1.807, 2.05) is 31.2 Å². The van der Waals surface area contributed by atoms with E-state index >= 15 is 0 Å². The first-order valence-corrected chi connectivity index (χ1v) is 12.8. The lowest BCUT2D eigenvalue weighted by molar-refractivity contribution is 0.0853. The highest BCUT2D eigenvalue weighted by atomic mass is 35.5. The smallest absolute Gasteiger partial charge is 0.227 e. The average molecular weight is 504 g/mol. The van der Waals surface area contributed by atoms with Crippen molar-refractivity contribution >= 4 is 28.9 Å². The monoisotopic (exact) mass is 503 g/mol. The molecule has 5 rings (SSSR count). The van der Waals surface area contributed by atoms with Gasteiger partial charge in [0.15, 0.2) is 0 Å². The maximum Gasteiger partial charge on any atom is 0.227 e. The topological polar surface area (TPSA) is 103 Å². The maximum absolute atomic E-state index is 10.0. The first-order chi connectivity index (χ1) is 17.5. The van der Waals surface area contributed by atoms with Crippen LogP contribution < -0.4 is 10.6 Å². The van der Waals surface area contributed by atoms with Gasteiger partial charge in [-0.05, 0) is 66.1 Å². The van der Waals surface area contributed by atoms with Gasteiger partial charge in [0, 0.05) is 47.6 Å². The molecule has 1 aromatic heterocycles. The molecule has 0 unspecified atom stereocenters. The third-order valence-electron chi connectivity index (χ3n) is 7.38. The minimum Gasteiger partial charge on any atom is -0.395 e. The van der Waals surface area contributed by atoms with Crippen molar-refractivity contribution in [2.75, 3.05) is 37.0 Å². The van der Waals surface area contributed by atoms with Crippen molar-refractivity contribution in [2.24, 2.45) is 0 Å². The van der Waals surface area contributed by atoms with Gasteiger partial charge in [0.2, 0.25) is 5.95 Å². The summed E-state index contributed by atoms with van der Waals surface area (Å²) in [5.41, 5.74) is 6.53. The summed E-state index contributed by atoms with van der Waals surface area (Å²) in [5.74, 6) is 0.873. The number of hydrogen-bond donors (Lipinski definition) is 3. The summed E-state index contributed by atoms with van der Waals surface area (Å²) in [7, 11) is 0. The third kappa shape index (κ3) is 4.53. The van der Waals surface area contributed by atoms with Gasteiger partial charge in [0.1, 0.15) is 6.07 Å². The Hall–Kier alpha value is -3.18. The lowest BCUT2D eigenvalue weighted by Gasteiger charge is -2.24. The molecule has 3 aromatic rings. The molecule has 1 atom stereocenters. The lowest BCUT2D eigenvalue weighted by atomic mass is 9.83. The Bertz CT molecular complexity index is 1330. The Labute approximate surface area is 216 Å². The molecule has 0 spiro atoms. The van der Waals surface area contributed by atoms with Crippen LogP contribution >= 0.6 is 11.6 Å². The summed E-state index contributed by atoms with van der Waals surface area (Å²) in [6, 6.07) is 12.1. The van der Waals surface area contributed by atoms with Crippen LogP contribution in [0.4, 0.5) is 17.3 Å². The van der Waals surface area contributed by atoms with E-state index in [2.05, 4.69) is 34.7 Å². The number of fused-ring (bicyclic) bond motifs is 1. The van der Waals surface area contributed by atoms with Crippen LogP contribution in [-0.2, 0) is 16.6 Å². The van der Waals surface area contributed by atoms with Crippen LogP contribution in [0.1, 0.15) is 54.9 Å². The summed E-state index contributed by atoms with van der Waals surface area (Å²) < 4.78 is 5.52. The number of aliphatic hydroxyl groups is 1. The molecule has 2 aliphatic heterocycles. The first kappa shape index (κ1) is 24.5. The van der Waals surface area contributed by atoms with Gasteiger partial charge in [0.25, 0.3) is 0 Å². The Kier molecular flexibility index (Phi) is 6.85. The van der Waals surface area contributed by atoms with Crippen LogP contribution in [0.25, 0.3) is 11.3 Å². The molecule has 186 valence electrons. The van der Waals surface area contributed by atoms with Crippen LogP contribution in [0.5, 0.6) is 0 Å². The molecule has 0 amide bonds. The highest BCUT2D eigenvalue weighted by Gasteiger charge is 2.36. The normalized spacial score (nSPS) is 19.4. The minimum atomic E-state index is -0.454. The van der Waals surface area contributed by atoms with Crippen molar-refractivity contribution in [2.45, 2.75) is 44.4 Å². The number of nitrogens with one attached hydrogen (secondary N) is 2. The van der Waals surface area contributed by atoms with E-state index < -0.39 is 5.41 Å². The second-order valence-electron chi connectivity index (χ2n) is 9.79. The van der Waals surface area contributed by atoms with E-state index in [0.717, 1.165) is 65.6 Å². The fourth-order valence-corrected chi connectivity index (χ4v) is 5.45. The predicted molar refractivity (Wildman–Crippen MR) is 142 cm³/mol. The van der Waals surface area contributed by atoms with Gasteiger partial charge in [-0.15, -0.1) is 0 Å². The SMILES string of the molecule is CCc1cc(C2CCOCC2)c(Cl)cc1Nc1nccc(-c2cc(C#N)c3c(c2)[C@@](C)(CO)CN3)n1. The van der Waals surface area contributed by atoms with E-state index in [-0.39, 0.29) is 6.61 Å². The van der Waals surface area contributed by atoms with Crippen LogP contribution in [0, 0.1) is 11.3 Å². The number of anilines is 3. The third-order valence-corrected chi connectivity index (χ3v) is 7.70. The number of halogens is 1. The van der Waals surface area contributed by atoms with Gasteiger partial charge < -0.3 is 20.5 Å².